The van der Waals surface area contributed by atoms with E-state index in [1.165, 1.54) is 0 Å². The van der Waals surface area contributed by atoms with Crippen LogP contribution in [0.5, 0.6) is 5.75 Å². The number of nitrogens with two attached hydrogens (primary N) is 1. The summed E-state index contributed by atoms with van der Waals surface area (Å²) in [4.78, 5) is 0. The van der Waals surface area contributed by atoms with E-state index in [0.717, 1.165) is 37.0 Å². The van der Waals surface area contributed by atoms with Crippen LogP contribution >= 0.6 is 0 Å². The van der Waals surface area contributed by atoms with Crippen LogP contribution < -0.4 is 10.5 Å². The lowest BCUT2D eigenvalue weighted by molar-refractivity contribution is 0.317. The number of ether oxygens (including phenoxy) is 1. The van der Waals surface area contributed by atoms with Gasteiger partial charge in [0.15, 0.2) is 9.84 Å². The monoisotopic (exact) mass is 297 g/mol. The van der Waals surface area contributed by atoms with Crippen molar-refractivity contribution in [3.8, 4) is 5.75 Å². The van der Waals surface area contributed by atoms with Gasteiger partial charge < -0.3 is 10.5 Å². The summed E-state index contributed by atoms with van der Waals surface area (Å²) in [6.45, 7) is 0.952. The molecule has 0 amide bonds. The predicted octanol–water partition coefficient (Wildman–Crippen LogP) is 2.27. The van der Waals surface area contributed by atoms with Gasteiger partial charge in [0.25, 0.3) is 0 Å². The minimum Gasteiger partial charge on any atom is -0.494 e. The average Bonchev–Trinajstić information content (AvgIpc) is 2.99. The summed E-state index contributed by atoms with van der Waals surface area (Å²) >= 11 is 0. The van der Waals surface area contributed by atoms with Gasteiger partial charge >= 0.3 is 0 Å². The van der Waals surface area contributed by atoms with Crippen molar-refractivity contribution in [2.45, 2.75) is 43.9 Å². The van der Waals surface area contributed by atoms with Gasteiger partial charge in [-0.05, 0) is 37.0 Å². The van der Waals surface area contributed by atoms with E-state index in [1.54, 1.807) is 0 Å². The molecular formula is C15H23NO3S. The van der Waals surface area contributed by atoms with E-state index in [-0.39, 0.29) is 11.0 Å². The fraction of sp³-hybridized carbons (Fsp3) is 0.600. The van der Waals surface area contributed by atoms with E-state index >= 15 is 0 Å². The second-order valence-corrected chi connectivity index (χ2v) is 7.72. The molecule has 1 aromatic carbocycles. The van der Waals surface area contributed by atoms with E-state index in [1.807, 2.05) is 24.3 Å². The van der Waals surface area contributed by atoms with E-state index in [0.29, 0.717) is 19.6 Å². The number of hydrogen-bond acceptors (Lipinski definition) is 4. The highest BCUT2D eigenvalue weighted by Crippen LogP contribution is 2.25. The van der Waals surface area contributed by atoms with Crippen molar-refractivity contribution >= 4 is 9.84 Å². The molecule has 0 radical (unpaired) electrons. The molecule has 1 fully saturated rings. The average molecular weight is 297 g/mol. The molecule has 0 bridgehead atoms. The first-order chi connectivity index (χ1) is 9.62. The van der Waals surface area contributed by atoms with Crippen LogP contribution in [0.15, 0.2) is 24.3 Å². The molecule has 0 aliphatic heterocycles. The van der Waals surface area contributed by atoms with Gasteiger partial charge in [0.1, 0.15) is 5.75 Å². The van der Waals surface area contributed by atoms with Gasteiger partial charge in [-0.1, -0.05) is 25.0 Å². The molecule has 112 valence electrons. The molecule has 1 aromatic rings. The Labute approximate surface area is 121 Å². The molecule has 1 aliphatic rings. The van der Waals surface area contributed by atoms with Crippen molar-refractivity contribution in [2.24, 2.45) is 5.73 Å². The molecule has 0 heterocycles. The highest BCUT2D eigenvalue weighted by atomic mass is 32.2. The molecule has 1 aliphatic carbocycles. The SMILES string of the molecule is NCc1ccc(OCCCS(=O)(=O)C2CCCC2)cc1. The van der Waals surface area contributed by atoms with Crippen LogP contribution in [0.1, 0.15) is 37.7 Å². The van der Waals surface area contributed by atoms with E-state index < -0.39 is 9.84 Å². The van der Waals surface area contributed by atoms with Crippen LogP contribution in [0.2, 0.25) is 0 Å². The Morgan fingerprint density at radius 1 is 1.15 bits per heavy atom. The summed E-state index contributed by atoms with van der Waals surface area (Å²) in [5.41, 5.74) is 6.58. The highest BCUT2D eigenvalue weighted by Gasteiger charge is 2.27. The lowest BCUT2D eigenvalue weighted by Crippen LogP contribution is -2.22. The molecule has 0 unspecified atom stereocenters. The second kappa shape index (κ2) is 7.09. The van der Waals surface area contributed by atoms with Crippen molar-refractivity contribution < 1.29 is 13.2 Å². The van der Waals surface area contributed by atoms with E-state index in [9.17, 15) is 8.42 Å². The first-order valence-corrected chi connectivity index (χ1v) is 8.97. The summed E-state index contributed by atoms with van der Waals surface area (Å²) in [6.07, 6.45) is 4.33. The van der Waals surface area contributed by atoms with Crippen molar-refractivity contribution in [3.63, 3.8) is 0 Å². The van der Waals surface area contributed by atoms with Gasteiger partial charge in [-0.3, -0.25) is 0 Å². The van der Waals surface area contributed by atoms with Gasteiger partial charge in [-0.2, -0.15) is 0 Å². The largest absolute Gasteiger partial charge is 0.494 e. The fourth-order valence-corrected chi connectivity index (χ4v) is 4.49. The lowest BCUT2D eigenvalue weighted by Gasteiger charge is -2.11. The zero-order chi connectivity index (χ0) is 14.4. The first-order valence-electron chi connectivity index (χ1n) is 7.25. The molecule has 0 spiro atoms. The molecule has 2 rings (SSSR count). The standard InChI is InChI=1S/C15H23NO3S/c16-12-13-6-8-14(9-7-13)19-10-3-11-20(17,18)15-4-1-2-5-15/h6-9,15H,1-5,10-12,16H2. The number of hydrogen-bond donors (Lipinski definition) is 1. The van der Waals surface area contributed by atoms with Crippen LogP contribution in [-0.4, -0.2) is 26.0 Å². The Balaban J connectivity index is 1.72. The molecular weight excluding hydrogens is 274 g/mol. The van der Waals surface area contributed by atoms with Gasteiger partial charge in [0.05, 0.1) is 17.6 Å². The fourth-order valence-electron chi connectivity index (χ4n) is 2.59. The Kier molecular flexibility index (Phi) is 5.43. The normalized spacial score (nSPS) is 16.4. The topological polar surface area (TPSA) is 69.4 Å². The lowest BCUT2D eigenvalue weighted by atomic mass is 10.2. The van der Waals surface area contributed by atoms with Crippen molar-refractivity contribution in [1.82, 2.24) is 0 Å². The van der Waals surface area contributed by atoms with Crippen molar-refractivity contribution in [1.29, 1.82) is 0 Å². The molecule has 4 nitrogen and oxygen atoms in total. The Bertz CT molecular complexity index is 504. The molecule has 0 aromatic heterocycles. The van der Waals surface area contributed by atoms with Gasteiger partial charge in [-0.25, -0.2) is 8.42 Å². The maximum atomic E-state index is 12.1. The van der Waals surface area contributed by atoms with Crippen molar-refractivity contribution in [2.75, 3.05) is 12.4 Å². The third kappa shape index (κ3) is 4.21. The minimum absolute atomic E-state index is 0.105. The Morgan fingerprint density at radius 2 is 1.80 bits per heavy atom. The Morgan fingerprint density at radius 3 is 2.40 bits per heavy atom. The molecule has 20 heavy (non-hydrogen) atoms. The minimum atomic E-state index is -2.92. The number of sulfone groups is 1. The summed E-state index contributed by atoms with van der Waals surface area (Å²) in [7, 11) is -2.92. The Hall–Kier alpha value is -1.07. The zero-order valence-corrected chi connectivity index (χ0v) is 12.6. The number of benzene rings is 1. The third-order valence-corrected chi connectivity index (χ3v) is 6.16. The summed E-state index contributed by atoms with van der Waals surface area (Å²) in [6, 6.07) is 7.58. The van der Waals surface area contributed by atoms with E-state index in [2.05, 4.69) is 0 Å². The molecule has 0 saturated heterocycles. The van der Waals surface area contributed by atoms with Gasteiger partial charge in [0.2, 0.25) is 0 Å². The van der Waals surface area contributed by atoms with Crippen LogP contribution in [0.25, 0.3) is 0 Å². The van der Waals surface area contributed by atoms with Crippen LogP contribution in [0, 0.1) is 0 Å². The smallest absolute Gasteiger partial charge is 0.153 e. The zero-order valence-electron chi connectivity index (χ0n) is 11.8. The third-order valence-electron chi connectivity index (χ3n) is 3.81. The summed E-state index contributed by atoms with van der Waals surface area (Å²) in [5, 5.41) is -0.105. The molecule has 1 saturated carbocycles. The highest BCUT2D eigenvalue weighted by molar-refractivity contribution is 7.92. The molecule has 2 N–H and O–H groups in total. The molecule has 0 atom stereocenters. The predicted molar refractivity (Wildman–Crippen MR) is 80.5 cm³/mol. The van der Waals surface area contributed by atoms with Crippen molar-refractivity contribution in [3.05, 3.63) is 29.8 Å². The van der Waals surface area contributed by atoms with Gasteiger partial charge in [-0.15, -0.1) is 0 Å². The van der Waals surface area contributed by atoms with Crippen LogP contribution in [0.4, 0.5) is 0 Å². The first kappa shape index (κ1) is 15.3. The quantitative estimate of drug-likeness (QED) is 0.784. The van der Waals surface area contributed by atoms with Crippen LogP contribution in [0.3, 0.4) is 0 Å². The van der Waals surface area contributed by atoms with E-state index in [4.69, 9.17) is 10.5 Å². The number of rotatable bonds is 7. The maximum Gasteiger partial charge on any atom is 0.153 e. The second-order valence-electron chi connectivity index (χ2n) is 5.32. The van der Waals surface area contributed by atoms with Gasteiger partial charge in [0, 0.05) is 6.54 Å². The molecule has 5 heteroatoms. The van der Waals surface area contributed by atoms with Crippen LogP contribution in [-0.2, 0) is 16.4 Å². The summed E-state index contributed by atoms with van der Waals surface area (Å²) in [5.74, 6) is 0.999. The summed E-state index contributed by atoms with van der Waals surface area (Å²) < 4.78 is 29.7. The maximum absolute atomic E-state index is 12.1.